The lowest BCUT2D eigenvalue weighted by Gasteiger charge is -2.13. The summed E-state index contributed by atoms with van der Waals surface area (Å²) in [5, 5.41) is 16.7. The Bertz CT molecular complexity index is 1810. The molecule has 194 valence electrons. The number of hydrogen-bond acceptors (Lipinski definition) is 4. The SMILES string of the molecule is Cc1cc(Oc2cccc(F)c2F)ccc1-n1ncc(C(O)c2cc3c(-c4ccccc4)cccc3[nH]2)c1N. The molecule has 0 aliphatic rings. The number of aromatic nitrogens is 3. The fourth-order valence-electron chi connectivity index (χ4n) is 4.75. The zero-order valence-electron chi connectivity index (χ0n) is 20.9. The lowest BCUT2D eigenvalue weighted by atomic mass is 10.0. The molecule has 4 N–H and O–H groups in total. The van der Waals surface area contributed by atoms with Crippen molar-refractivity contribution >= 4 is 16.7 Å². The van der Waals surface area contributed by atoms with Gasteiger partial charge in [-0.1, -0.05) is 48.5 Å². The highest BCUT2D eigenvalue weighted by atomic mass is 19.2. The average Bonchev–Trinajstić information content (AvgIpc) is 3.55. The average molecular weight is 523 g/mol. The molecule has 1 unspecified atom stereocenters. The number of fused-ring (bicyclic) bond motifs is 1. The van der Waals surface area contributed by atoms with Crippen LogP contribution in [0.4, 0.5) is 14.6 Å². The van der Waals surface area contributed by atoms with Crippen LogP contribution in [0.2, 0.25) is 0 Å². The van der Waals surface area contributed by atoms with Crippen molar-refractivity contribution in [3.63, 3.8) is 0 Å². The first-order valence-electron chi connectivity index (χ1n) is 12.3. The number of nitrogens with one attached hydrogen (secondary N) is 1. The van der Waals surface area contributed by atoms with Crippen molar-refractivity contribution in [1.82, 2.24) is 14.8 Å². The molecule has 6 aromatic rings. The molecule has 0 spiro atoms. The van der Waals surface area contributed by atoms with Gasteiger partial charge in [0.2, 0.25) is 5.82 Å². The number of H-pyrrole nitrogens is 1. The number of hydrogen-bond donors (Lipinski definition) is 3. The van der Waals surface area contributed by atoms with Crippen molar-refractivity contribution in [3.05, 3.63) is 126 Å². The van der Waals surface area contributed by atoms with Gasteiger partial charge in [-0.3, -0.25) is 0 Å². The summed E-state index contributed by atoms with van der Waals surface area (Å²) in [5.41, 5.74) is 11.9. The number of nitrogens with zero attached hydrogens (tertiary/aromatic N) is 2. The second-order valence-corrected chi connectivity index (χ2v) is 9.26. The molecule has 0 saturated heterocycles. The summed E-state index contributed by atoms with van der Waals surface area (Å²) in [7, 11) is 0. The Morgan fingerprint density at radius 3 is 2.54 bits per heavy atom. The van der Waals surface area contributed by atoms with Crippen molar-refractivity contribution in [2.24, 2.45) is 0 Å². The molecule has 2 heterocycles. The highest BCUT2D eigenvalue weighted by Gasteiger charge is 2.22. The van der Waals surface area contributed by atoms with Crippen LogP contribution in [0.5, 0.6) is 11.5 Å². The van der Waals surface area contributed by atoms with E-state index in [4.69, 9.17) is 10.5 Å². The second-order valence-electron chi connectivity index (χ2n) is 9.26. The molecule has 0 aliphatic heterocycles. The summed E-state index contributed by atoms with van der Waals surface area (Å²) in [6.45, 7) is 1.82. The van der Waals surface area contributed by atoms with Crippen molar-refractivity contribution in [3.8, 4) is 28.3 Å². The maximum absolute atomic E-state index is 14.0. The molecule has 0 aliphatic carbocycles. The van der Waals surface area contributed by atoms with Crippen LogP contribution in [-0.2, 0) is 0 Å². The summed E-state index contributed by atoms with van der Waals surface area (Å²) in [5.74, 6) is -1.64. The Balaban J connectivity index is 1.30. The molecule has 6 rings (SSSR count). The normalized spacial score (nSPS) is 12.1. The molecule has 1 atom stereocenters. The molecular formula is C31H24F2N4O2. The number of anilines is 1. The monoisotopic (exact) mass is 522 g/mol. The van der Waals surface area contributed by atoms with Gasteiger partial charge in [0.05, 0.1) is 11.9 Å². The molecule has 0 bridgehead atoms. The lowest BCUT2D eigenvalue weighted by molar-refractivity contribution is 0.217. The van der Waals surface area contributed by atoms with Gasteiger partial charge in [-0.25, -0.2) is 9.07 Å². The van der Waals surface area contributed by atoms with Crippen molar-refractivity contribution in [2.45, 2.75) is 13.0 Å². The van der Waals surface area contributed by atoms with E-state index in [-0.39, 0.29) is 11.6 Å². The third-order valence-corrected chi connectivity index (χ3v) is 6.74. The number of rotatable bonds is 6. The van der Waals surface area contributed by atoms with E-state index in [1.54, 1.807) is 18.2 Å². The quantitative estimate of drug-likeness (QED) is 0.218. The minimum atomic E-state index is -1.05. The number of aromatic amines is 1. The Labute approximate surface area is 222 Å². The largest absolute Gasteiger partial charge is 0.454 e. The first-order chi connectivity index (χ1) is 18.9. The molecule has 8 heteroatoms. The van der Waals surface area contributed by atoms with E-state index in [0.717, 1.165) is 33.7 Å². The van der Waals surface area contributed by atoms with Gasteiger partial charge in [-0.05, 0) is 66.1 Å². The first kappa shape index (κ1) is 24.4. The van der Waals surface area contributed by atoms with Gasteiger partial charge in [-0.2, -0.15) is 9.49 Å². The molecule has 0 radical (unpaired) electrons. The van der Waals surface area contributed by atoms with E-state index in [2.05, 4.69) is 10.1 Å². The number of aliphatic hydroxyl groups is 1. The molecular weight excluding hydrogens is 498 g/mol. The number of halogens is 2. The van der Waals surface area contributed by atoms with Gasteiger partial charge in [-0.15, -0.1) is 0 Å². The van der Waals surface area contributed by atoms with Crippen LogP contribution in [0.3, 0.4) is 0 Å². The van der Waals surface area contributed by atoms with Crippen LogP contribution in [0.15, 0.2) is 97.2 Å². The van der Waals surface area contributed by atoms with Gasteiger partial charge >= 0.3 is 0 Å². The fourth-order valence-corrected chi connectivity index (χ4v) is 4.75. The van der Waals surface area contributed by atoms with E-state index in [1.165, 1.54) is 23.0 Å². The van der Waals surface area contributed by atoms with E-state index in [0.29, 0.717) is 22.7 Å². The summed E-state index contributed by atoms with van der Waals surface area (Å²) >= 11 is 0. The van der Waals surface area contributed by atoms with Crippen LogP contribution in [0.1, 0.15) is 22.9 Å². The fraction of sp³-hybridized carbons (Fsp3) is 0.0645. The van der Waals surface area contributed by atoms with Gasteiger partial charge in [0.25, 0.3) is 0 Å². The number of aryl methyl sites for hydroxylation is 1. The van der Waals surface area contributed by atoms with Crippen molar-refractivity contribution in [1.29, 1.82) is 0 Å². The number of ether oxygens (including phenoxy) is 1. The van der Waals surface area contributed by atoms with Crippen LogP contribution in [-0.4, -0.2) is 19.9 Å². The Morgan fingerprint density at radius 1 is 0.949 bits per heavy atom. The minimum absolute atomic E-state index is 0.208. The standard InChI is InChI=1S/C31H24F2N4O2/c1-18-15-20(39-28-12-6-10-24(32)29(28)33)13-14-27(18)37-31(34)23(17-35-37)30(38)26-16-22-21(9-5-11-25(22)36-26)19-7-3-2-4-8-19/h2-17,30,36,38H,34H2,1H3. The van der Waals surface area contributed by atoms with Crippen LogP contribution < -0.4 is 10.5 Å². The number of nitrogens with two attached hydrogens (primary N) is 1. The van der Waals surface area contributed by atoms with Crippen LogP contribution >= 0.6 is 0 Å². The maximum Gasteiger partial charge on any atom is 0.201 e. The summed E-state index contributed by atoms with van der Waals surface area (Å²) < 4.78 is 34.6. The highest BCUT2D eigenvalue weighted by molar-refractivity contribution is 5.95. The van der Waals surface area contributed by atoms with Gasteiger partial charge in [0, 0.05) is 22.2 Å². The zero-order chi connectivity index (χ0) is 27.1. The van der Waals surface area contributed by atoms with E-state index in [9.17, 15) is 13.9 Å². The molecule has 39 heavy (non-hydrogen) atoms. The molecule has 0 fully saturated rings. The Kier molecular flexibility index (Phi) is 6.09. The van der Waals surface area contributed by atoms with Gasteiger partial charge < -0.3 is 20.6 Å². The van der Waals surface area contributed by atoms with Crippen LogP contribution in [0.25, 0.3) is 27.7 Å². The van der Waals surface area contributed by atoms with Gasteiger partial charge in [0.1, 0.15) is 17.7 Å². The van der Waals surface area contributed by atoms with E-state index >= 15 is 0 Å². The number of aliphatic hydroxyl groups excluding tert-OH is 1. The van der Waals surface area contributed by atoms with Crippen molar-refractivity contribution < 1.29 is 18.6 Å². The van der Waals surface area contributed by atoms with Crippen LogP contribution in [0, 0.1) is 18.6 Å². The van der Waals surface area contributed by atoms with E-state index < -0.39 is 17.7 Å². The predicted octanol–water partition coefficient (Wildman–Crippen LogP) is 7.06. The molecule has 0 saturated carbocycles. The number of benzene rings is 4. The summed E-state index contributed by atoms with van der Waals surface area (Å²) in [6.07, 6.45) is 0.504. The third-order valence-electron chi connectivity index (χ3n) is 6.74. The minimum Gasteiger partial charge on any atom is -0.454 e. The topological polar surface area (TPSA) is 89.1 Å². The lowest BCUT2D eigenvalue weighted by Crippen LogP contribution is -2.07. The Morgan fingerprint density at radius 2 is 1.74 bits per heavy atom. The Hall–Kier alpha value is -4.95. The van der Waals surface area contributed by atoms with Gasteiger partial charge in [0.15, 0.2) is 11.6 Å². The number of nitrogen functional groups attached to an aromatic ring is 1. The summed E-state index contributed by atoms with van der Waals surface area (Å²) in [4.78, 5) is 3.31. The highest BCUT2D eigenvalue weighted by Crippen LogP contribution is 2.35. The maximum atomic E-state index is 14.0. The molecule has 4 aromatic carbocycles. The second kappa shape index (κ2) is 9.74. The first-order valence-corrected chi connectivity index (χ1v) is 12.3. The predicted molar refractivity (Wildman–Crippen MR) is 147 cm³/mol. The van der Waals surface area contributed by atoms with Crippen molar-refractivity contribution in [2.75, 3.05) is 5.73 Å². The zero-order valence-corrected chi connectivity index (χ0v) is 20.9. The smallest absolute Gasteiger partial charge is 0.201 e. The molecule has 6 nitrogen and oxygen atoms in total. The molecule has 2 aromatic heterocycles. The summed E-state index contributed by atoms with van der Waals surface area (Å²) in [6, 6.07) is 26.8. The third kappa shape index (κ3) is 4.41. The molecule has 0 amide bonds. The van der Waals surface area contributed by atoms with E-state index in [1.807, 2.05) is 61.5 Å².